The number of aryl methyl sites for hydroxylation is 1. The lowest BCUT2D eigenvalue weighted by atomic mass is 10.2. The molecule has 0 unspecified atom stereocenters. The highest BCUT2D eigenvalue weighted by Gasteiger charge is 2.28. The summed E-state index contributed by atoms with van der Waals surface area (Å²) in [7, 11) is 0. The zero-order valence-corrected chi connectivity index (χ0v) is 13.9. The third kappa shape index (κ3) is 5.03. The van der Waals surface area contributed by atoms with E-state index in [1.165, 1.54) is 0 Å². The van der Waals surface area contributed by atoms with Crippen LogP contribution in [0, 0.1) is 6.92 Å². The lowest BCUT2D eigenvalue weighted by Gasteiger charge is -2.25. The molecule has 0 aromatic carbocycles. The molecule has 1 fully saturated rings. The summed E-state index contributed by atoms with van der Waals surface area (Å²) in [5, 5.41) is 8.32. The minimum Gasteiger partial charge on any atom is -0.462 e. The maximum absolute atomic E-state index is 12.0. The maximum Gasteiger partial charge on any atom is 0.335 e. The number of hydrogen-bond donors (Lipinski definition) is 0. The molecule has 23 heavy (non-hydrogen) atoms. The van der Waals surface area contributed by atoms with Gasteiger partial charge in [0.2, 0.25) is 0 Å². The summed E-state index contributed by atoms with van der Waals surface area (Å²) in [6.45, 7) is 8.98. The van der Waals surface area contributed by atoms with Crippen molar-refractivity contribution in [3.8, 4) is 0 Å². The molecule has 0 N–H and O–H groups in total. The van der Waals surface area contributed by atoms with Gasteiger partial charge in [0.05, 0.1) is 18.3 Å². The molecule has 2 atom stereocenters. The number of carbonyl (C=O) groups excluding carboxylic acids is 1. The van der Waals surface area contributed by atoms with Crippen molar-refractivity contribution >= 4 is 11.8 Å². The molecule has 6 heteroatoms. The fourth-order valence-corrected chi connectivity index (χ4v) is 2.55. The molecule has 1 aliphatic rings. The Kier molecular flexibility index (Phi) is 6.52. The fraction of sp³-hybridized carbons (Fsp3) is 0.588. The van der Waals surface area contributed by atoms with Gasteiger partial charge in [-0.15, -0.1) is 11.7 Å². The largest absolute Gasteiger partial charge is 0.462 e. The molecule has 1 aromatic rings. The molecule has 2 rings (SSSR count). The van der Waals surface area contributed by atoms with Crippen molar-refractivity contribution in [2.75, 3.05) is 24.7 Å². The zero-order chi connectivity index (χ0) is 16.7. The van der Waals surface area contributed by atoms with E-state index in [4.69, 9.17) is 9.47 Å². The van der Waals surface area contributed by atoms with E-state index in [0.717, 1.165) is 37.3 Å². The quantitative estimate of drug-likeness (QED) is 0.416. The third-order valence-electron chi connectivity index (χ3n) is 3.89. The summed E-state index contributed by atoms with van der Waals surface area (Å²) < 4.78 is 10.8. The van der Waals surface area contributed by atoms with Gasteiger partial charge < -0.3 is 14.4 Å². The molecule has 0 amide bonds. The predicted molar refractivity (Wildman–Crippen MR) is 88.3 cm³/mol. The lowest BCUT2D eigenvalue weighted by molar-refractivity contribution is -0.156. The van der Waals surface area contributed by atoms with Crippen molar-refractivity contribution in [1.29, 1.82) is 0 Å². The lowest BCUT2D eigenvalue weighted by Crippen LogP contribution is -2.36. The predicted octanol–water partition coefficient (Wildman–Crippen LogP) is 2.28. The summed E-state index contributed by atoms with van der Waals surface area (Å²) in [5.74, 6) is 0.514. The summed E-state index contributed by atoms with van der Waals surface area (Å²) in [5.41, 5.74) is 0.890. The fourth-order valence-electron chi connectivity index (χ4n) is 2.55. The molecule has 0 radical (unpaired) electrons. The molecule has 1 aromatic heterocycles. The number of esters is 1. The Morgan fingerprint density at radius 2 is 2.35 bits per heavy atom. The first-order valence-electron chi connectivity index (χ1n) is 8.08. The standard InChI is InChI=1S/C17H25N3O3/c1-4-5-11-22-14(3)17(21)23-12-15-7-6-10-20(15)16-9-8-13(2)18-19-16/h4,8-9,14-15H,1,5-7,10-12H2,2-3H3/t14-,15-/m0/s1. The van der Waals surface area contributed by atoms with Gasteiger partial charge in [0.15, 0.2) is 11.9 Å². The minimum atomic E-state index is -0.552. The van der Waals surface area contributed by atoms with Gasteiger partial charge >= 0.3 is 5.97 Å². The van der Waals surface area contributed by atoms with Crippen LogP contribution in [-0.2, 0) is 14.3 Å². The van der Waals surface area contributed by atoms with E-state index in [1.54, 1.807) is 13.0 Å². The van der Waals surface area contributed by atoms with E-state index < -0.39 is 6.10 Å². The van der Waals surface area contributed by atoms with Crippen LogP contribution in [-0.4, -0.2) is 48.1 Å². The van der Waals surface area contributed by atoms with Crippen molar-refractivity contribution in [3.05, 3.63) is 30.5 Å². The Morgan fingerprint density at radius 3 is 3.04 bits per heavy atom. The second-order valence-electron chi connectivity index (χ2n) is 5.74. The van der Waals surface area contributed by atoms with Crippen LogP contribution in [0.1, 0.15) is 31.9 Å². The van der Waals surface area contributed by atoms with Crippen molar-refractivity contribution in [2.24, 2.45) is 0 Å². The van der Waals surface area contributed by atoms with E-state index in [0.29, 0.717) is 13.2 Å². The molecule has 0 bridgehead atoms. The van der Waals surface area contributed by atoms with Crippen molar-refractivity contribution in [1.82, 2.24) is 10.2 Å². The monoisotopic (exact) mass is 319 g/mol. The van der Waals surface area contributed by atoms with Gasteiger partial charge in [0.1, 0.15) is 6.61 Å². The van der Waals surface area contributed by atoms with Crippen LogP contribution in [0.25, 0.3) is 0 Å². The van der Waals surface area contributed by atoms with Gasteiger partial charge in [-0.2, -0.15) is 5.10 Å². The van der Waals surface area contributed by atoms with Crippen LogP contribution >= 0.6 is 0 Å². The van der Waals surface area contributed by atoms with Gasteiger partial charge in [-0.1, -0.05) is 6.08 Å². The first kappa shape index (κ1) is 17.4. The molecule has 2 heterocycles. The maximum atomic E-state index is 12.0. The zero-order valence-electron chi connectivity index (χ0n) is 13.9. The first-order valence-corrected chi connectivity index (χ1v) is 8.08. The molecule has 0 saturated carbocycles. The van der Waals surface area contributed by atoms with Crippen LogP contribution in [0.5, 0.6) is 0 Å². The number of nitrogens with zero attached hydrogens (tertiary/aromatic N) is 3. The van der Waals surface area contributed by atoms with Crippen molar-refractivity contribution in [2.45, 2.75) is 45.3 Å². The Bertz CT molecular complexity index is 518. The molecule has 1 aliphatic heterocycles. The molecule has 126 valence electrons. The van der Waals surface area contributed by atoms with Crippen LogP contribution in [0.2, 0.25) is 0 Å². The SMILES string of the molecule is C=CCCO[C@@H](C)C(=O)OC[C@@H]1CCCN1c1ccc(C)nn1. The molecule has 0 spiro atoms. The Labute approximate surface area is 137 Å². The summed E-state index contributed by atoms with van der Waals surface area (Å²) in [4.78, 5) is 14.1. The normalized spacial score (nSPS) is 18.7. The van der Waals surface area contributed by atoms with Gasteiger partial charge in [0.25, 0.3) is 0 Å². The van der Waals surface area contributed by atoms with E-state index in [-0.39, 0.29) is 12.0 Å². The highest BCUT2D eigenvalue weighted by atomic mass is 16.6. The van der Waals surface area contributed by atoms with Gasteiger partial charge in [-0.3, -0.25) is 0 Å². The topological polar surface area (TPSA) is 64.6 Å². The van der Waals surface area contributed by atoms with E-state index in [9.17, 15) is 4.79 Å². The molecular weight excluding hydrogens is 294 g/mol. The highest BCUT2D eigenvalue weighted by Crippen LogP contribution is 2.23. The van der Waals surface area contributed by atoms with Crippen molar-refractivity contribution < 1.29 is 14.3 Å². The average Bonchev–Trinajstić information content (AvgIpc) is 3.02. The number of hydrogen-bond acceptors (Lipinski definition) is 6. The molecular formula is C17H25N3O3. The minimum absolute atomic E-state index is 0.149. The molecule has 6 nitrogen and oxygen atoms in total. The van der Waals surface area contributed by atoms with Crippen LogP contribution in [0.3, 0.4) is 0 Å². The van der Waals surface area contributed by atoms with Crippen LogP contribution in [0.15, 0.2) is 24.8 Å². The third-order valence-corrected chi connectivity index (χ3v) is 3.89. The smallest absolute Gasteiger partial charge is 0.335 e. The van der Waals surface area contributed by atoms with Crippen molar-refractivity contribution in [3.63, 3.8) is 0 Å². The highest BCUT2D eigenvalue weighted by molar-refractivity contribution is 5.74. The number of anilines is 1. The first-order chi connectivity index (χ1) is 11.1. The second-order valence-corrected chi connectivity index (χ2v) is 5.74. The Hall–Kier alpha value is -1.95. The summed E-state index contributed by atoms with van der Waals surface area (Å²) in [6, 6.07) is 4.05. The summed E-state index contributed by atoms with van der Waals surface area (Å²) >= 11 is 0. The Morgan fingerprint density at radius 1 is 1.52 bits per heavy atom. The van der Waals surface area contributed by atoms with Gasteiger partial charge in [-0.25, -0.2) is 4.79 Å². The van der Waals surface area contributed by atoms with E-state index in [1.807, 2.05) is 19.1 Å². The number of aromatic nitrogens is 2. The molecule has 0 aliphatic carbocycles. The average molecular weight is 319 g/mol. The van der Waals surface area contributed by atoms with Crippen LogP contribution < -0.4 is 4.90 Å². The second kappa shape index (κ2) is 8.62. The van der Waals surface area contributed by atoms with Crippen LogP contribution in [0.4, 0.5) is 5.82 Å². The van der Waals surface area contributed by atoms with Gasteiger partial charge in [-0.05, 0) is 45.2 Å². The number of rotatable bonds is 8. The van der Waals surface area contributed by atoms with E-state index in [2.05, 4.69) is 21.7 Å². The Balaban J connectivity index is 1.83. The molecule has 1 saturated heterocycles. The van der Waals surface area contributed by atoms with E-state index >= 15 is 0 Å². The number of carbonyl (C=O) groups is 1. The number of ether oxygens (including phenoxy) is 2. The summed E-state index contributed by atoms with van der Waals surface area (Å²) in [6.07, 6.45) is 3.97. The van der Waals surface area contributed by atoms with Gasteiger partial charge in [0, 0.05) is 6.54 Å².